The van der Waals surface area contributed by atoms with Crippen LogP contribution in [0.15, 0.2) is 152 Å². The first-order valence-corrected chi connectivity index (χ1v) is 14.6. The van der Waals surface area contributed by atoms with Crippen molar-refractivity contribution < 1.29 is 0 Å². The van der Waals surface area contributed by atoms with E-state index in [2.05, 4.69) is 149 Å². The molecular weight excluding hydrogens is 522 g/mol. The summed E-state index contributed by atoms with van der Waals surface area (Å²) in [6.45, 7) is 0. The highest BCUT2D eigenvalue weighted by molar-refractivity contribution is 6.27. The maximum absolute atomic E-state index is 5.20. The molecule has 2 heterocycles. The minimum absolute atomic E-state index is 0.956. The summed E-state index contributed by atoms with van der Waals surface area (Å²) >= 11 is 0. The van der Waals surface area contributed by atoms with Crippen LogP contribution in [0.25, 0.3) is 82.7 Å². The van der Waals surface area contributed by atoms with Crippen molar-refractivity contribution >= 4 is 43.4 Å². The highest BCUT2D eigenvalue weighted by Gasteiger charge is 2.19. The SMILES string of the molecule is c1ccc(-n2c(-c3ccc4ccc5c(-c6ccc(-c7ccncc7)cc6)ccc6ccc3c4c65)nc3ccccc32)cc1. The zero-order chi connectivity index (χ0) is 28.3. The molecule has 9 aromatic rings. The van der Waals surface area contributed by atoms with E-state index in [1.54, 1.807) is 0 Å². The van der Waals surface area contributed by atoms with Crippen LogP contribution in [-0.4, -0.2) is 14.5 Å². The average Bonchev–Trinajstić information content (AvgIpc) is 3.47. The quantitative estimate of drug-likeness (QED) is 0.205. The van der Waals surface area contributed by atoms with Gasteiger partial charge in [0.25, 0.3) is 0 Å². The molecule has 0 saturated carbocycles. The van der Waals surface area contributed by atoms with Crippen LogP contribution >= 0.6 is 0 Å². The number of para-hydroxylation sites is 3. The lowest BCUT2D eigenvalue weighted by atomic mass is 9.88. The molecule has 0 saturated heterocycles. The Morgan fingerprint density at radius 2 is 1.02 bits per heavy atom. The van der Waals surface area contributed by atoms with Gasteiger partial charge in [0.05, 0.1) is 11.0 Å². The molecule has 3 heteroatoms. The van der Waals surface area contributed by atoms with Gasteiger partial charge < -0.3 is 0 Å². The van der Waals surface area contributed by atoms with Gasteiger partial charge in [-0.1, -0.05) is 97.1 Å². The summed E-state index contributed by atoms with van der Waals surface area (Å²) in [6.07, 6.45) is 3.68. The van der Waals surface area contributed by atoms with E-state index in [4.69, 9.17) is 4.98 Å². The first-order chi connectivity index (χ1) is 21.3. The average molecular weight is 548 g/mol. The van der Waals surface area contributed by atoms with Crippen LogP contribution < -0.4 is 0 Å². The smallest absolute Gasteiger partial charge is 0.146 e. The topological polar surface area (TPSA) is 30.7 Å². The predicted octanol–water partition coefficient (Wildman–Crippen LogP) is 10.3. The van der Waals surface area contributed by atoms with Crippen LogP contribution in [-0.2, 0) is 0 Å². The zero-order valence-corrected chi connectivity index (χ0v) is 23.3. The summed E-state index contributed by atoms with van der Waals surface area (Å²) < 4.78 is 2.29. The Labute approximate surface area is 248 Å². The largest absolute Gasteiger partial charge is 0.292 e. The third-order valence-corrected chi connectivity index (χ3v) is 8.69. The highest BCUT2D eigenvalue weighted by atomic mass is 15.1. The predicted molar refractivity (Wildman–Crippen MR) is 179 cm³/mol. The van der Waals surface area contributed by atoms with Crippen molar-refractivity contribution in [2.45, 2.75) is 0 Å². The van der Waals surface area contributed by atoms with Crippen molar-refractivity contribution in [3.63, 3.8) is 0 Å². The Balaban J connectivity index is 1.28. The van der Waals surface area contributed by atoms with Crippen LogP contribution in [0, 0.1) is 0 Å². The van der Waals surface area contributed by atoms with Gasteiger partial charge in [0.15, 0.2) is 0 Å². The molecular formula is C40H25N3. The lowest BCUT2D eigenvalue weighted by Crippen LogP contribution is -1.98. The molecule has 0 atom stereocenters. The molecule has 0 fully saturated rings. The molecule has 0 spiro atoms. The summed E-state index contributed by atoms with van der Waals surface area (Å²) in [6, 6.07) is 50.0. The minimum Gasteiger partial charge on any atom is -0.292 e. The summed E-state index contributed by atoms with van der Waals surface area (Å²) in [5.74, 6) is 0.956. The zero-order valence-electron chi connectivity index (χ0n) is 23.3. The summed E-state index contributed by atoms with van der Waals surface area (Å²) in [5, 5.41) is 7.56. The molecule has 9 rings (SSSR count). The molecule has 3 nitrogen and oxygen atoms in total. The van der Waals surface area contributed by atoms with E-state index >= 15 is 0 Å². The molecule has 0 unspecified atom stereocenters. The highest BCUT2D eigenvalue weighted by Crippen LogP contribution is 2.43. The molecule has 0 radical (unpaired) electrons. The molecule has 0 aliphatic rings. The number of imidazole rings is 1. The molecule has 43 heavy (non-hydrogen) atoms. The number of hydrogen-bond donors (Lipinski definition) is 0. The fraction of sp³-hybridized carbons (Fsp3) is 0. The van der Waals surface area contributed by atoms with Gasteiger partial charge in [0.1, 0.15) is 5.82 Å². The number of nitrogens with zero attached hydrogens (tertiary/aromatic N) is 3. The van der Waals surface area contributed by atoms with Gasteiger partial charge in [-0.3, -0.25) is 9.55 Å². The van der Waals surface area contributed by atoms with E-state index < -0.39 is 0 Å². The summed E-state index contributed by atoms with van der Waals surface area (Å²) in [4.78, 5) is 9.36. The lowest BCUT2D eigenvalue weighted by Gasteiger charge is -2.17. The molecule has 7 aromatic carbocycles. The maximum Gasteiger partial charge on any atom is 0.146 e. The Bertz CT molecular complexity index is 2420. The van der Waals surface area contributed by atoms with E-state index in [0.717, 1.165) is 28.1 Å². The van der Waals surface area contributed by atoms with Crippen molar-refractivity contribution in [2.24, 2.45) is 0 Å². The number of benzene rings is 7. The first-order valence-electron chi connectivity index (χ1n) is 14.6. The van der Waals surface area contributed by atoms with Gasteiger partial charge in [-0.05, 0) is 97.0 Å². The van der Waals surface area contributed by atoms with E-state index in [0.29, 0.717) is 0 Å². The van der Waals surface area contributed by atoms with Crippen LogP contribution in [0.2, 0.25) is 0 Å². The van der Waals surface area contributed by atoms with E-state index in [1.807, 2.05) is 12.4 Å². The number of aromatic nitrogens is 3. The second-order valence-electron chi connectivity index (χ2n) is 11.1. The van der Waals surface area contributed by atoms with Crippen molar-refractivity contribution in [1.82, 2.24) is 14.5 Å². The van der Waals surface area contributed by atoms with E-state index in [1.165, 1.54) is 54.6 Å². The van der Waals surface area contributed by atoms with Crippen molar-refractivity contribution in [1.29, 1.82) is 0 Å². The van der Waals surface area contributed by atoms with Gasteiger partial charge in [-0.2, -0.15) is 0 Å². The number of rotatable bonds is 4. The fourth-order valence-electron chi connectivity index (χ4n) is 6.68. The molecule has 0 N–H and O–H groups in total. The fourth-order valence-corrected chi connectivity index (χ4v) is 6.68. The Kier molecular flexibility index (Phi) is 5.20. The molecule has 2 aromatic heterocycles. The number of fused-ring (bicyclic) bond motifs is 1. The van der Waals surface area contributed by atoms with Crippen molar-refractivity contribution in [3.05, 3.63) is 152 Å². The third kappa shape index (κ3) is 3.68. The summed E-state index contributed by atoms with van der Waals surface area (Å²) in [7, 11) is 0. The van der Waals surface area contributed by atoms with Gasteiger partial charge in [0, 0.05) is 23.6 Å². The van der Waals surface area contributed by atoms with Gasteiger partial charge >= 0.3 is 0 Å². The maximum atomic E-state index is 5.20. The van der Waals surface area contributed by atoms with E-state index in [9.17, 15) is 0 Å². The Morgan fingerprint density at radius 1 is 0.442 bits per heavy atom. The molecule has 200 valence electrons. The van der Waals surface area contributed by atoms with Crippen LogP contribution in [0.3, 0.4) is 0 Å². The summed E-state index contributed by atoms with van der Waals surface area (Å²) in [5.41, 5.74) is 9.15. The minimum atomic E-state index is 0.956. The van der Waals surface area contributed by atoms with Crippen LogP contribution in [0.4, 0.5) is 0 Å². The number of hydrogen-bond acceptors (Lipinski definition) is 2. The standard InChI is InChI=1S/C40H25N3/c1-2-6-31(7-3-1)43-37-9-5-4-8-36(37)42-40(43)35-21-17-30-15-19-33-32(18-14-29-16-20-34(35)39(30)38(29)33)28-12-10-26(11-13-28)27-22-24-41-25-23-27/h1-25H. The third-order valence-electron chi connectivity index (χ3n) is 8.69. The number of pyridine rings is 1. The molecule has 0 aliphatic heterocycles. The van der Waals surface area contributed by atoms with Gasteiger partial charge in [0.2, 0.25) is 0 Å². The lowest BCUT2D eigenvalue weighted by molar-refractivity contribution is 1.11. The monoisotopic (exact) mass is 547 g/mol. The Morgan fingerprint density at radius 3 is 1.77 bits per heavy atom. The second kappa shape index (κ2) is 9.37. The van der Waals surface area contributed by atoms with E-state index in [-0.39, 0.29) is 0 Å². The van der Waals surface area contributed by atoms with Gasteiger partial charge in [-0.15, -0.1) is 0 Å². The normalized spacial score (nSPS) is 11.7. The molecule has 0 aliphatic carbocycles. The van der Waals surface area contributed by atoms with Crippen molar-refractivity contribution in [3.8, 4) is 39.3 Å². The molecule has 0 amide bonds. The van der Waals surface area contributed by atoms with Crippen molar-refractivity contribution in [2.75, 3.05) is 0 Å². The van der Waals surface area contributed by atoms with Crippen LogP contribution in [0.1, 0.15) is 0 Å². The first kappa shape index (κ1) is 23.9. The molecule has 0 bridgehead atoms. The Hall–Kier alpha value is -5.80. The second-order valence-corrected chi connectivity index (χ2v) is 11.1. The van der Waals surface area contributed by atoms with Gasteiger partial charge in [-0.25, -0.2) is 4.98 Å². The van der Waals surface area contributed by atoms with Crippen LogP contribution in [0.5, 0.6) is 0 Å².